The van der Waals surface area contributed by atoms with Crippen LogP contribution in [0.25, 0.3) is 0 Å². The average Bonchev–Trinajstić information content (AvgIpc) is 3.19. The lowest BCUT2D eigenvalue weighted by Gasteiger charge is -2.32. The van der Waals surface area contributed by atoms with Crippen molar-refractivity contribution in [1.29, 1.82) is 0 Å². The summed E-state index contributed by atoms with van der Waals surface area (Å²) in [4.78, 5) is 28.4. The molecule has 0 aliphatic carbocycles. The summed E-state index contributed by atoms with van der Waals surface area (Å²) in [6.45, 7) is 11.5. The highest BCUT2D eigenvalue weighted by Gasteiger charge is 2.36. The van der Waals surface area contributed by atoms with Gasteiger partial charge in [-0.1, -0.05) is 6.58 Å². The highest BCUT2D eigenvalue weighted by atomic mass is 16.2. The SMILES string of the molecule is C=CC(=O)N1CCCC1C(=O)N(Cc1cnn(CC)c1)C(C)C. The second kappa shape index (κ2) is 7.44. The molecule has 0 N–H and O–H groups in total. The van der Waals surface area contributed by atoms with Crippen molar-refractivity contribution >= 4 is 11.8 Å². The minimum Gasteiger partial charge on any atom is -0.334 e. The van der Waals surface area contributed by atoms with Crippen molar-refractivity contribution in [3.05, 3.63) is 30.6 Å². The van der Waals surface area contributed by atoms with Crippen molar-refractivity contribution in [3.8, 4) is 0 Å². The monoisotopic (exact) mass is 318 g/mol. The van der Waals surface area contributed by atoms with Gasteiger partial charge in [-0.3, -0.25) is 14.3 Å². The van der Waals surface area contributed by atoms with Crippen LogP contribution in [0.15, 0.2) is 25.0 Å². The Morgan fingerprint density at radius 3 is 2.83 bits per heavy atom. The van der Waals surface area contributed by atoms with Crippen LogP contribution in [-0.2, 0) is 22.7 Å². The molecule has 1 atom stereocenters. The van der Waals surface area contributed by atoms with E-state index < -0.39 is 0 Å². The molecule has 126 valence electrons. The van der Waals surface area contributed by atoms with Crippen molar-refractivity contribution in [3.63, 3.8) is 0 Å². The molecule has 23 heavy (non-hydrogen) atoms. The third-order valence-corrected chi connectivity index (χ3v) is 4.27. The van der Waals surface area contributed by atoms with Crippen LogP contribution in [0.3, 0.4) is 0 Å². The Labute approximate surface area is 137 Å². The number of rotatable bonds is 6. The zero-order valence-electron chi connectivity index (χ0n) is 14.2. The first kappa shape index (κ1) is 17.2. The molecular weight excluding hydrogens is 292 g/mol. The second-order valence-electron chi connectivity index (χ2n) is 6.16. The maximum Gasteiger partial charge on any atom is 0.246 e. The summed E-state index contributed by atoms with van der Waals surface area (Å²) in [6.07, 6.45) is 6.62. The fourth-order valence-corrected chi connectivity index (χ4v) is 2.97. The Balaban J connectivity index is 2.14. The normalized spacial score (nSPS) is 17.6. The van der Waals surface area contributed by atoms with E-state index in [0.717, 1.165) is 24.9 Å². The van der Waals surface area contributed by atoms with Crippen LogP contribution in [0.2, 0.25) is 0 Å². The van der Waals surface area contributed by atoms with Gasteiger partial charge in [0, 0.05) is 37.4 Å². The lowest BCUT2D eigenvalue weighted by atomic mass is 10.1. The first-order valence-corrected chi connectivity index (χ1v) is 8.22. The Hall–Kier alpha value is -2.11. The third kappa shape index (κ3) is 3.81. The fourth-order valence-electron chi connectivity index (χ4n) is 2.97. The maximum absolute atomic E-state index is 13.0. The van der Waals surface area contributed by atoms with Crippen LogP contribution in [-0.4, -0.2) is 50.0 Å². The number of hydrogen-bond donors (Lipinski definition) is 0. The van der Waals surface area contributed by atoms with Crippen LogP contribution in [0.1, 0.15) is 39.2 Å². The van der Waals surface area contributed by atoms with E-state index in [2.05, 4.69) is 11.7 Å². The van der Waals surface area contributed by atoms with Crippen LogP contribution >= 0.6 is 0 Å². The molecule has 1 fully saturated rings. The van der Waals surface area contributed by atoms with Gasteiger partial charge in [-0.2, -0.15) is 5.10 Å². The molecular formula is C17H26N4O2. The Kier molecular flexibility index (Phi) is 5.58. The summed E-state index contributed by atoms with van der Waals surface area (Å²) in [6, 6.07) is -0.308. The van der Waals surface area contributed by atoms with Gasteiger partial charge in [-0.25, -0.2) is 0 Å². The van der Waals surface area contributed by atoms with Gasteiger partial charge in [0.2, 0.25) is 11.8 Å². The second-order valence-corrected chi connectivity index (χ2v) is 6.16. The van der Waals surface area contributed by atoms with Crippen molar-refractivity contribution < 1.29 is 9.59 Å². The number of carbonyl (C=O) groups is 2. The van der Waals surface area contributed by atoms with E-state index in [1.165, 1.54) is 6.08 Å². The molecule has 6 heteroatoms. The van der Waals surface area contributed by atoms with E-state index in [-0.39, 0.29) is 23.9 Å². The van der Waals surface area contributed by atoms with Gasteiger partial charge in [-0.05, 0) is 39.7 Å². The smallest absolute Gasteiger partial charge is 0.246 e. The molecule has 1 aliphatic rings. The molecule has 6 nitrogen and oxygen atoms in total. The molecule has 2 rings (SSSR count). The summed E-state index contributed by atoms with van der Waals surface area (Å²) >= 11 is 0. The van der Waals surface area contributed by atoms with Gasteiger partial charge in [0.1, 0.15) is 6.04 Å². The number of likely N-dealkylation sites (tertiary alicyclic amines) is 1. The van der Waals surface area contributed by atoms with Gasteiger partial charge >= 0.3 is 0 Å². The molecule has 0 radical (unpaired) electrons. The molecule has 0 spiro atoms. The average molecular weight is 318 g/mol. The summed E-state index contributed by atoms with van der Waals surface area (Å²) in [5.41, 5.74) is 1.01. The molecule has 1 aromatic heterocycles. The summed E-state index contributed by atoms with van der Waals surface area (Å²) in [5, 5.41) is 4.26. The van der Waals surface area contributed by atoms with Crippen molar-refractivity contribution in [2.24, 2.45) is 0 Å². The van der Waals surface area contributed by atoms with Crippen LogP contribution in [0.4, 0.5) is 0 Å². The standard InChI is InChI=1S/C17H26N4O2/c1-5-16(22)20-9-7-8-15(20)17(23)21(13(3)4)12-14-10-18-19(6-2)11-14/h5,10-11,13,15H,1,6-9,12H2,2-4H3. The third-order valence-electron chi connectivity index (χ3n) is 4.27. The molecule has 0 saturated carbocycles. The van der Waals surface area contributed by atoms with Crippen molar-refractivity contribution in [2.45, 2.75) is 58.8 Å². The Morgan fingerprint density at radius 1 is 1.52 bits per heavy atom. The van der Waals surface area contributed by atoms with Gasteiger partial charge in [0.25, 0.3) is 0 Å². The first-order chi connectivity index (χ1) is 11.0. The molecule has 2 amide bonds. The van der Waals surface area contributed by atoms with Crippen molar-refractivity contribution in [2.75, 3.05) is 6.54 Å². The summed E-state index contributed by atoms with van der Waals surface area (Å²) in [5.74, 6) is -0.152. The lowest BCUT2D eigenvalue weighted by molar-refractivity contribution is -0.143. The molecule has 0 aromatic carbocycles. The van der Waals surface area contributed by atoms with Gasteiger partial charge < -0.3 is 9.80 Å². The Morgan fingerprint density at radius 2 is 2.26 bits per heavy atom. The van der Waals surface area contributed by atoms with E-state index in [1.807, 2.05) is 36.5 Å². The number of aryl methyl sites for hydroxylation is 1. The van der Waals surface area contributed by atoms with Crippen LogP contribution < -0.4 is 0 Å². The zero-order valence-corrected chi connectivity index (χ0v) is 14.2. The molecule has 0 bridgehead atoms. The minimum atomic E-state index is -0.371. The molecule has 1 aliphatic heterocycles. The predicted octanol–water partition coefficient (Wildman–Crippen LogP) is 1.82. The molecule has 1 unspecified atom stereocenters. The van der Waals surface area contributed by atoms with Crippen molar-refractivity contribution in [1.82, 2.24) is 19.6 Å². The topological polar surface area (TPSA) is 58.4 Å². The highest BCUT2D eigenvalue weighted by molar-refractivity contribution is 5.93. The number of amides is 2. The minimum absolute atomic E-state index is 0.0111. The van der Waals surface area contributed by atoms with Crippen LogP contribution in [0.5, 0.6) is 0 Å². The van der Waals surface area contributed by atoms with E-state index in [1.54, 1.807) is 11.1 Å². The number of hydrogen-bond acceptors (Lipinski definition) is 3. The Bertz CT molecular complexity index is 579. The molecule has 1 aromatic rings. The zero-order chi connectivity index (χ0) is 17.0. The highest BCUT2D eigenvalue weighted by Crippen LogP contribution is 2.22. The fraction of sp³-hybridized carbons (Fsp3) is 0.588. The quantitative estimate of drug-likeness (QED) is 0.752. The summed E-state index contributed by atoms with van der Waals surface area (Å²) in [7, 11) is 0. The number of carbonyl (C=O) groups excluding carboxylic acids is 2. The molecule has 2 heterocycles. The number of nitrogens with zero attached hydrogens (tertiary/aromatic N) is 4. The van der Waals surface area contributed by atoms with E-state index in [0.29, 0.717) is 13.1 Å². The number of aromatic nitrogens is 2. The summed E-state index contributed by atoms with van der Waals surface area (Å²) < 4.78 is 1.85. The predicted molar refractivity (Wildman–Crippen MR) is 88.5 cm³/mol. The van der Waals surface area contributed by atoms with Crippen LogP contribution in [0, 0.1) is 0 Å². The van der Waals surface area contributed by atoms with E-state index in [4.69, 9.17) is 0 Å². The lowest BCUT2D eigenvalue weighted by Crippen LogP contribution is -2.49. The van der Waals surface area contributed by atoms with Gasteiger partial charge in [0.05, 0.1) is 6.20 Å². The first-order valence-electron chi connectivity index (χ1n) is 8.22. The van der Waals surface area contributed by atoms with Gasteiger partial charge in [-0.15, -0.1) is 0 Å². The van der Waals surface area contributed by atoms with E-state index in [9.17, 15) is 9.59 Å². The largest absolute Gasteiger partial charge is 0.334 e. The maximum atomic E-state index is 13.0. The van der Waals surface area contributed by atoms with Gasteiger partial charge in [0.15, 0.2) is 0 Å². The molecule has 1 saturated heterocycles. The van der Waals surface area contributed by atoms with E-state index >= 15 is 0 Å².